The van der Waals surface area contributed by atoms with Crippen LogP contribution in [0.5, 0.6) is 0 Å². The van der Waals surface area contributed by atoms with E-state index in [0.717, 1.165) is 0 Å². The number of rotatable bonds is 4. The third-order valence-electron chi connectivity index (χ3n) is 4.02. The van der Waals surface area contributed by atoms with Crippen molar-refractivity contribution in [2.75, 3.05) is 13.2 Å². The molecule has 2 aliphatic rings. The summed E-state index contributed by atoms with van der Waals surface area (Å²) in [6, 6.07) is 0. The lowest BCUT2D eigenvalue weighted by Gasteiger charge is -2.29. The molecule has 0 amide bonds. The Kier molecular flexibility index (Phi) is 3.93. The lowest BCUT2D eigenvalue weighted by atomic mass is 9.79. The molecule has 2 aliphatic carbocycles. The number of carbonyl (C=O) groups excluding carboxylic acids is 2. The Morgan fingerprint density at radius 2 is 1.17 bits per heavy atom. The van der Waals surface area contributed by atoms with Gasteiger partial charge in [-0.3, -0.25) is 9.59 Å². The molecule has 1 saturated carbocycles. The van der Waals surface area contributed by atoms with E-state index in [2.05, 4.69) is 9.47 Å². The summed E-state index contributed by atoms with van der Waals surface area (Å²) in [6.45, 7) is 1.59. The Morgan fingerprint density at radius 1 is 0.870 bits per heavy atom. The Hall–Kier alpha value is -1.74. The van der Waals surface area contributed by atoms with Crippen LogP contribution >= 0.6 is 0 Å². The van der Waals surface area contributed by atoms with E-state index < -0.39 is 65.9 Å². The summed E-state index contributed by atoms with van der Waals surface area (Å²) in [6.07, 6.45) is 0. The normalized spacial score (nSPS) is 37.9. The second kappa shape index (κ2) is 5.13. The van der Waals surface area contributed by atoms with Gasteiger partial charge in [-0.05, 0) is 13.8 Å². The molecular weight excluding hydrogens is 334 g/mol. The van der Waals surface area contributed by atoms with Gasteiger partial charge in [-0.25, -0.2) is 17.6 Å². The van der Waals surface area contributed by atoms with Crippen LogP contribution in [0.25, 0.3) is 0 Å². The van der Waals surface area contributed by atoms with Crippen LogP contribution in [0.3, 0.4) is 0 Å². The number of halogens is 6. The van der Waals surface area contributed by atoms with Crippen molar-refractivity contribution in [3.63, 3.8) is 0 Å². The number of alkyl halides is 4. The summed E-state index contributed by atoms with van der Waals surface area (Å²) in [5.74, 6) is -20.2. The highest BCUT2D eigenvalue weighted by molar-refractivity contribution is 5.89. The number of carbonyl (C=O) groups is 2. The lowest BCUT2D eigenvalue weighted by molar-refractivity contribution is -0.174. The van der Waals surface area contributed by atoms with Gasteiger partial charge in [0.25, 0.3) is 0 Å². The van der Waals surface area contributed by atoms with Gasteiger partial charge >= 0.3 is 17.9 Å². The van der Waals surface area contributed by atoms with Gasteiger partial charge in [0, 0.05) is 0 Å². The van der Waals surface area contributed by atoms with Crippen LogP contribution in [-0.2, 0) is 19.1 Å². The smallest absolute Gasteiger partial charge is 0.329 e. The fourth-order valence-electron chi connectivity index (χ4n) is 3.04. The van der Waals surface area contributed by atoms with Crippen LogP contribution in [0.15, 0.2) is 11.7 Å². The predicted molar refractivity (Wildman–Crippen MR) is 62.1 cm³/mol. The molecule has 0 spiro atoms. The summed E-state index contributed by atoms with van der Waals surface area (Å²) in [4.78, 5) is 23.5. The molecule has 0 saturated heterocycles. The van der Waals surface area contributed by atoms with E-state index in [9.17, 15) is 35.9 Å². The van der Waals surface area contributed by atoms with E-state index in [-0.39, 0.29) is 0 Å². The van der Waals surface area contributed by atoms with E-state index in [1.807, 2.05) is 0 Å². The van der Waals surface area contributed by atoms with Crippen LogP contribution in [0.2, 0.25) is 0 Å². The topological polar surface area (TPSA) is 52.6 Å². The van der Waals surface area contributed by atoms with Crippen LogP contribution in [-0.4, -0.2) is 42.4 Å². The highest BCUT2D eigenvalue weighted by atomic mass is 19.3. The van der Waals surface area contributed by atoms with Crippen molar-refractivity contribution in [2.45, 2.75) is 31.1 Å². The molecule has 0 aliphatic heterocycles. The van der Waals surface area contributed by atoms with Gasteiger partial charge in [-0.15, -0.1) is 0 Å². The van der Waals surface area contributed by atoms with Crippen molar-refractivity contribution in [1.29, 1.82) is 0 Å². The average molecular weight is 346 g/mol. The van der Waals surface area contributed by atoms with Gasteiger partial charge in [0.05, 0.1) is 13.2 Å². The molecule has 0 aromatic carbocycles. The molecular formula is C13H12F6O4. The van der Waals surface area contributed by atoms with Gasteiger partial charge in [-0.2, -0.15) is 8.78 Å². The van der Waals surface area contributed by atoms with Gasteiger partial charge in [0.15, 0.2) is 11.7 Å². The van der Waals surface area contributed by atoms with E-state index in [0.29, 0.717) is 0 Å². The van der Waals surface area contributed by atoms with Crippen LogP contribution in [0.1, 0.15) is 13.8 Å². The van der Waals surface area contributed by atoms with Gasteiger partial charge in [0.1, 0.15) is 11.8 Å². The molecule has 130 valence electrons. The van der Waals surface area contributed by atoms with Crippen molar-refractivity contribution < 1.29 is 45.4 Å². The maximum absolute atomic E-state index is 14.7. The number of hydrogen-bond donors (Lipinski definition) is 0. The SMILES string of the molecule is CCOC(=O)[C@H]1[C@H](C(=O)OCC)C2(F)C(F)=C(F)C1(F)C2(F)F. The molecule has 0 aromatic rings. The molecule has 10 heteroatoms. The Labute approximate surface area is 126 Å². The zero-order valence-corrected chi connectivity index (χ0v) is 12.0. The highest BCUT2D eigenvalue weighted by Gasteiger charge is 2.93. The zero-order chi connectivity index (χ0) is 17.8. The Morgan fingerprint density at radius 3 is 1.43 bits per heavy atom. The van der Waals surface area contributed by atoms with E-state index in [4.69, 9.17) is 0 Å². The second-order valence-corrected chi connectivity index (χ2v) is 5.09. The number of ether oxygens (including phenoxy) is 2. The van der Waals surface area contributed by atoms with Crippen LogP contribution < -0.4 is 0 Å². The molecule has 23 heavy (non-hydrogen) atoms. The minimum absolute atomic E-state index is 0.431. The monoisotopic (exact) mass is 346 g/mol. The molecule has 0 radical (unpaired) electrons. The van der Waals surface area contributed by atoms with Crippen LogP contribution in [0, 0.1) is 11.8 Å². The van der Waals surface area contributed by atoms with Gasteiger partial charge in [0.2, 0.25) is 11.3 Å². The molecule has 4 nitrogen and oxygen atoms in total. The van der Waals surface area contributed by atoms with E-state index in [1.165, 1.54) is 13.8 Å². The number of hydrogen-bond acceptors (Lipinski definition) is 4. The molecule has 0 aromatic heterocycles. The first-order valence-corrected chi connectivity index (χ1v) is 6.68. The molecule has 4 atom stereocenters. The van der Waals surface area contributed by atoms with Crippen molar-refractivity contribution in [3.05, 3.63) is 11.7 Å². The standard InChI is InChI=1S/C13H12F6O4/c1-3-22-9(20)5-6(10(21)23-4-2)12(17)8(15)7(14)11(5,16)13(12,18)19/h5-6H,3-4H2,1-2H3/t5-,6-,11?,12?/m1/s1. The van der Waals surface area contributed by atoms with Gasteiger partial charge in [-0.1, -0.05) is 0 Å². The van der Waals surface area contributed by atoms with Crippen molar-refractivity contribution in [3.8, 4) is 0 Å². The summed E-state index contributed by atoms with van der Waals surface area (Å²) >= 11 is 0. The van der Waals surface area contributed by atoms with Crippen molar-refractivity contribution in [2.24, 2.45) is 11.8 Å². The number of fused-ring (bicyclic) bond motifs is 2. The Bertz CT molecular complexity index is 543. The third-order valence-corrected chi connectivity index (χ3v) is 4.02. The lowest BCUT2D eigenvalue weighted by Crippen LogP contribution is -2.49. The van der Waals surface area contributed by atoms with Crippen molar-refractivity contribution in [1.82, 2.24) is 0 Å². The maximum atomic E-state index is 14.7. The maximum Gasteiger partial charge on any atom is 0.329 e. The molecule has 1 fully saturated rings. The third kappa shape index (κ3) is 1.74. The van der Waals surface area contributed by atoms with E-state index >= 15 is 0 Å². The fourth-order valence-corrected chi connectivity index (χ4v) is 3.04. The first-order chi connectivity index (χ1) is 10.5. The molecule has 0 N–H and O–H groups in total. The summed E-state index contributed by atoms with van der Waals surface area (Å²) < 4.78 is 93.5. The summed E-state index contributed by atoms with van der Waals surface area (Å²) in [5, 5.41) is 0. The predicted octanol–water partition coefficient (Wildman–Crippen LogP) is 2.57. The van der Waals surface area contributed by atoms with Crippen molar-refractivity contribution >= 4 is 11.9 Å². The molecule has 2 unspecified atom stereocenters. The number of esters is 2. The highest BCUT2D eigenvalue weighted by Crippen LogP contribution is 2.72. The largest absolute Gasteiger partial charge is 0.466 e. The zero-order valence-electron chi connectivity index (χ0n) is 12.0. The molecule has 0 heterocycles. The minimum atomic E-state index is -5.32. The average Bonchev–Trinajstić information content (AvgIpc) is 2.67. The number of allylic oxidation sites excluding steroid dienone is 2. The Balaban J connectivity index is 2.69. The van der Waals surface area contributed by atoms with Gasteiger partial charge < -0.3 is 9.47 Å². The quantitative estimate of drug-likeness (QED) is 0.580. The summed E-state index contributed by atoms with van der Waals surface area (Å²) in [5.41, 5.74) is -9.31. The van der Waals surface area contributed by atoms with Crippen LogP contribution in [0.4, 0.5) is 26.3 Å². The molecule has 2 bridgehead atoms. The first kappa shape index (κ1) is 17.6. The first-order valence-electron chi connectivity index (χ1n) is 6.68. The summed E-state index contributed by atoms with van der Waals surface area (Å²) in [7, 11) is 0. The fraction of sp³-hybridized carbons (Fsp3) is 0.692. The van der Waals surface area contributed by atoms with E-state index in [1.54, 1.807) is 0 Å². The second-order valence-electron chi connectivity index (χ2n) is 5.09. The molecule has 2 rings (SSSR count). The minimum Gasteiger partial charge on any atom is -0.466 e.